The zero-order valence-corrected chi connectivity index (χ0v) is 12.3. The van der Waals surface area contributed by atoms with Crippen molar-refractivity contribution < 1.29 is 9.90 Å². The summed E-state index contributed by atoms with van der Waals surface area (Å²) >= 11 is 1.50. The molecule has 0 unspecified atom stereocenters. The molecule has 0 saturated heterocycles. The highest BCUT2D eigenvalue weighted by atomic mass is 32.1. The predicted molar refractivity (Wildman–Crippen MR) is 76.2 cm³/mol. The molecule has 0 atom stereocenters. The summed E-state index contributed by atoms with van der Waals surface area (Å²) in [4.78, 5) is 15.2. The fourth-order valence-corrected chi connectivity index (χ4v) is 3.17. The summed E-state index contributed by atoms with van der Waals surface area (Å²) in [7, 11) is 0. The van der Waals surface area contributed by atoms with E-state index in [1.807, 2.05) is 16.3 Å². The van der Waals surface area contributed by atoms with Gasteiger partial charge in [-0.05, 0) is 36.3 Å². The molecule has 0 saturated carbocycles. The van der Waals surface area contributed by atoms with Crippen LogP contribution in [-0.2, 0) is 6.42 Å². The Morgan fingerprint density at radius 3 is 2.56 bits per heavy atom. The van der Waals surface area contributed by atoms with Gasteiger partial charge in [0.05, 0.1) is 11.5 Å². The molecule has 1 rings (SSSR count). The van der Waals surface area contributed by atoms with Crippen LogP contribution in [0.3, 0.4) is 0 Å². The largest absolute Gasteiger partial charge is 0.395 e. The molecule has 0 fully saturated rings. The Labute approximate surface area is 113 Å². The first-order chi connectivity index (χ1) is 8.69. The van der Waals surface area contributed by atoms with Gasteiger partial charge in [0, 0.05) is 12.6 Å². The maximum Gasteiger partial charge on any atom is 0.264 e. The second-order valence-electron chi connectivity index (χ2n) is 4.32. The maximum absolute atomic E-state index is 12.6. The first-order valence-electron chi connectivity index (χ1n) is 6.67. The van der Waals surface area contributed by atoms with Crippen molar-refractivity contribution in [3.05, 3.63) is 21.9 Å². The number of carbonyl (C=O) groups excluding carboxylic acids is 1. The van der Waals surface area contributed by atoms with Gasteiger partial charge in [-0.15, -0.1) is 11.3 Å². The van der Waals surface area contributed by atoms with E-state index in [4.69, 9.17) is 5.11 Å². The van der Waals surface area contributed by atoms with Crippen molar-refractivity contribution in [2.24, 2.45) is 0 Å². The molecule has 0 aliphatic carbocycles. The number of rotatable bonds is 7. The van der Waals surface area contributed by atoms with Gasteiger partial charge in [-0.1, -0.05) is 20.8 Å². The van der Waals surface area contributed by atoms with Crippen LogP contribution in [-0.4, -0.2) is 35.1 Å². The minimum atomic E-state index is 0.0229. The number of carbonyl (C=O) groups is 1. The van der Waals surface area contributed by atoms with Gasteiger partial charge in [0.1, 0.15) is 0 Å². The van der Waals surface area contributed by atoms with Crippen LogP contribution in [0, 0.1) is 0 Å². The highest BCUT2D eigenvalue weighted by Crippen LogP contribution is 2.22. The van der Waals surface area contributed by atoms with E-state index in [0.29, 0.717) is 6.54 Å². The third kappa shape index (κ3) is 3.33. The van der Waals surface area contributed by atoms with E-state index in [9.17, 15) is 4.79 Å². The Kier molecular flexibility index (Phi) is 6.36. The molecule has 1 heterocycles. The number of aliphatic hydroxyl groups is 1. The van der Waals surface area contributed by atoms with Gasteiger partial charge in [0.2, 0.25) is 0 Å². The molecule has 4 heteroatoms. The molecule has 0 aliphatic heterocycles. The number of hydrogen-bond acceptors (Lipinski definition) is 3. The van der Waals surface area contributed by atoms with Crippen LogP contribution in [0.2, 0.25) is 0 Å². The lowest BCUT2D eigenvalue weighted by molar-refractivity contribution is 0.0626. The minimum absolute atomic E-state index is 0.0229. The Bertz CT molecular complexity index is 372. The van der Waals surface area contributed by atoms with Crippen LogP contribution in [0.5, 0.6) is 0 Å². The summed E-state index contributed by atoms with van der Waals surface area (Å²) < 4.78 is 0. The smallest absolute Gasteiger partial charge is 0.264 e. The minimum Gasteiger partial charge on any atom is -0.395 e. The SMILES string of the molecule is CCc1ccsc1C(=O)N(CCO)C(CC)CC. The van der Waals surface area contributed by atoms with E-state index in [2.05, 4.69) is 20.8 Å². The average Bonchev–Trinajstić information content (AvgIpc) is 2.86. The average molecular weight is 269 g/mol. The summed E-state index contributed by atoms with van der Waals surface area (Å²) in [6.07, 6.45) is 2.73. The van der Waals surface area contributed by atoms with Crippen LogP contribution < -0.4 is 0 Å². The van der Waals surface area contributed by atoms with Crippen LogP contribution in [0.25, 0.3) is 0 Å². The van der Waals surface area contributed by atoms with Gasteiger partial charge >= 0.3 is 0 Å². The summed E-state index contributed by atoms with van der Waals surface area (Å²) in [5, 5.41) is 11.1. The van der Waals surface area contributed by atoms with Gasteiger partial charge < -0.3 is 10.0 Å². The standard InChI is InChI=1S/C14H23NO2S/c1-4-11-7-10-18-13(11)14(17)15(8-9-16)12(5-2)6-3/h7,10,12,16H,4-6,8-9H2,1-3H3. The first-order valence-corrected chi connectivity index (χ1v) is 7.55. The van der Waals surface area contributed by atoms with Gasteiger partial charge in [-0.3, -0.25) is 4.79 Å². The first kappa shape index (κ1) is 15.2. The summed E-state index contributed by atoms with van der Waals surface area (Å²) in [6, 6.07) is 2.23. The third-order valence-corrected chi connectivity index (χ3v) is 4.25. The number of aliphatic hydroxyl groups excluding tert-OH is 1. The molecule has 1 aromatic heterocycles. The number of aryl methyl sites for hydroxylation is 1. The van der Waals surface area contributed by atoms with Crippen molar-refractivity contribution in [3.63, 3.8) is 0 Å². The second kappa shape index (κ2) is 7.54. The molecule has 0 radical (unpaired) electrons. The van der Waals surface area contributed by atoms with E-state index in [0.717, 1.165) is 29.7 Å². The number of nitrogens with zero attached hydrogens (tertiary/aromatic N) is 1. The highest BCUT2D eigenvalue weighted by molar-refractivity contribution is 7.12. The third-order valence-electron chi connectivity index (χ3n) is 3.31. The van der Waals surface area contributed by atoms with Gasteiger partial charge in [0.25, 0.3) is 5.91 Å². The van der Waals surface area contributed by atoms with Gasteiger partial charge in [-0.25, -0.2) is 0 Å². The second-order valence-corrected chi connectivity index (χ2v) is 5.24. The molecule has 0 bridgehead atoms. The maximum atomic E-state index is 12.6. The van der Waals surface area contributed by atoms with Crippen LogP contribution >= 0.6 is 11.3 Å². The van der Waals surface area contributed by atoms with E-state index in [1.54, 1.807) is 0 Å². The Morgan fingerprint density at radius 1 is 1.39 bits per heavy atom. The van der Waals surface area contributed by atoms with Crippen LogP contribution in [0.1, 0.15) is 48.8 Å². The molecule has 1 N–H and O–H groups in total. The molecule has 3 nitrogen and oxygen atoms in total. The van der Waals surface area contributed by atoms with Crippen molar-refractivity contribution in [2.75, 3.05) is 13.2 Å². The monoisotopic (exact) mass is 269 g/mol. The van der Waals surface area contributed by atoms with Crippen molar-refractivity contribution in [1.29, 1.82) is 0 Å². The quantitative estimate of drug-likeness (QED) is 0.827. The topological polar surface area (TPSA) is 40.5 Å². The van der Waals surface area contributed by atoms with E-state index in [1.165, 1.54) is 11.3 Å². The lowest BCUT2D eigenvalue weighted by Gasteiger charge is -2.30. The molecule has 18 heavy (non-hydrogen) atoms. The zero-order valence-electron chi connectivity index (χ0n) is 11.5. The van der Waals surface area contributed by atoms with E-state index in [-0.39, 0.29) is 18.6 Å². The van der Waals surface area contributed by atoms with Gasteiger partial charge in [-0.2, -0.15) is 0 Å². The molecule has 1 aromatic rings. The molecule has 0 aliphatic rings. The summed E-state index contributed by atoms with van der Waals surface area (Å²) in [5.41, 5.74) is 1.11. The molecule has 102 valence electrons. The lowest BCUT2D eigenvalue weighted by atomic mass is 10.1. The lowest BCUT2D eigenvalue weighted by Crippen LogP contribution is -2.41. The number of thiophene rings is 1. The fourth-order valence-electron chi connectivity index (χ4n) is 2.22. The zero-order chi connectivity index (χ0) is 13.5. The predicted octanol–water partition coefficient (Wildman–Crippen LogP) is 2.93. The highest BCUT2D eigenvalue weighted by Gasteiger charge is 2.24. The van der Waals surface area contributed by atoms with Crippen molar-refractivity contribution in [3.8, 4) is 0 Å². The van der Waals surface area contributed by atoms with Gasteiger partial charge in [0.15, 0.2) is 0 Å². The van der Waals surface area contributed by atoms with Crippen molar-refractivity contribution >= 4 is 17.2 Å². The van der Waals surface area contributed by atoms with Crippen molar-refractivity contribution in [2.45, 2.75) is 46.1 Å². The van der Waals surface area contributed by atoms with Crippen molar-refractivity contribution in [1.82, 2.24) is 4.90 Å². The number of hydrogen-bond donors (Lipinski definition) is 1. The van der Waals surface area contributed by atoms with E-state index >= 15 is 0 Å². The normalized spacial score (nSPS) is 10.9. The summed E-state index contributed by atoms with van der Waals surface area (Å²) in [6.45, 7) is 6.68. The Morgan fingerprint density at radius 2 is 2.06 bits per heavy atom. The summed E-state index contributed by atoms with van der Waals surface area (Å²) in [5.74, 6) is 0.0737. The van der Waals surface area contributed by atoms with E-state index < -0.39 is 0 Å². The molecular weight excluding hydrogens is 246 g/mol. The molecule has 1 amide bonds. The van der Waals surface area contributed by atoms with Crippen LogP contribution in [0.15, 0.2) is 11.4 Å². The Hall–Kier alpha value is -0.870. The number of amides is 1. The van der Waals surface area contributed by atoms with Crippen LogP contribution in [0.4, 0.5) is 0 Å². The molecule has 0 spiro atoms. The fraction of sp³-hybridized carbons (Fsp3) is 0.643. The molecular formula is C14H23NO2S. The molecule has 0 aromatic carbocycles. The Balaban J connectivity index is 2.95.